The summed E-state index contributed by atoms with van der Waals surface area (Å²) < 4.78 is 33.0. The van der Waals surface area contributed by atoms with Gasteiger partial charge in [0.2, 0.25) is 10.0 Å². The quantitative estimate of drug-likeness (QED) is 0.843. The summed E-state index contributed by atoms with van der Waals surface area (Å²) in [7, 11) is -1.88. The number of hydrogen-bond acceptors (Lipinski definition) is 4. The van der Waals surface area contributed by atoms with Crippen LogP contribution in [0.25, 0.3) is 0 Å². The summed E-state index contributed by atoms with van der Waals surface area (Å²) in [5, 5.41) is 3.24. The van der Waals surface area contributed by atoms with E-state index in [1.165, 1.54) is 7.11 Å². The Bertz CT molecular complexity index is 557. The Hall–Kier alpha value is -0.790. The number of methoxy groups -OCH3 is 1. The minimum absolute atomic E-state index is 0.0272. The lowest BCUT2D eigenvalue weighted by molar-refractivity contribution is 0.416. The number of rotatable bonds is 5. The molecule has 112 valence electrons. The molecule has 2 rings (SSSR count). The summed E-state index contributed by atoms with van der Waals surface area (Å²) >= 11 is 3.33. The summed E-state index contributed by atoms with van der Waals surface area (Å²) in [6, 6.07) is 5.25. The molecule has 7 heteroatoms. The molecule has 20 heavy (non-hydrogen) atoms. The van der Waals surface area contributed by atoms with Crippen molar-refractivity contribution in [3.8, 4) is 5.75 Å². The predicted molar refractivity (Wildman–Crippen MR) is 83.7 cm³/mol. The number of piperidine rings is 1. The van der Waals surface area contributed by atoms with Crippen molar-refractivity contribution in [1.29, 1.82) is 0 Å². The second-order valence-electron chi connectivity index (χ2n) is 4.87. The van der Waals surface area contributed by atoms with Crippen molar-refractivity contribution < 1.29 is 13.2 Å². The van der Waals surface area contributed by atoms with E-state index < -0.39 is 10.0 Å². The van der Waals surface area contributed by atoms with Gasteiger partial charge < -0.3 is 10.1 Å². The summed E-state index contributed by atoms with van der Waals surface area (Å²) in [6.07, 6.45) is 3.09. The topological polar surface area (TPSA) is 67.4 Å². The fraction of sp³-hybridized carbons (Fsp3) is 0.538. The first kappa shape index (κ1) is 15.6. The highest BCUT2D eigenvalue weighted by atomic mass is 79.9. The Labute approximate surface area is 128 Å². The Kier molecular flexibility index (Phi) is 5.29. The van der Waals surface area contributed by atoms with Crippen molar-refractivity contribution in [2.75, 3.05) is 24.1 Å². The van der Waals surface area contributed by atoms with Crippen LogP contribution in [-0.2, 0) is 10.0 Å². The maximum absolute atomic E-state index is 12.2. The molecule has 0 saturated carbocycles. The van der Waals surface area contributed by atoms with E-state index in [1.54, 1.807) is 18.2 Å². The fourth-order valence-electron chi connectivity index (χ4n) is 2.30. The normalized spacial score (nSPS) is 19.6. The lowest BCUT2D eigenvalue weighted by Crippen LogP contribution is -2.40. The van der Waals surface area contributed by atoms with Crippen molar-refractivity contribution in [2.45, 2.75) is 25.3 Å². The molecule has 1 aromatic carbocycles. The number of halogens is 1. The van der Waals surface area contributed by atoms with E-state index in [0.717, 1.165) is 30.3 Å². The third kappa shape index (κ3) is 4.36. The van der Waals surface area contributed by atoms with Gasteiger partial charge in [-0.2, -0.15) is 0 Å². The highest BCUT2D eigenvalue weighted by molar-refractivity contribution is 9.10. The average molecular weight is 363 g/mol. The molecule has 1 atom stereocenters. The molecule has 0 spiro atoms. The third-order valence-electron chi connectivity index (χ3n) is 3.26. The lowest BCUT2D eigenvalue weighted by atomic mass is 10.1. The molecule has 1 aliphatic rings. The number of anilines is 1. The molecule has 0 bridgehead atoms. The van der Waals surface area contributed by atoms with Crippen molar-refractivity contribution in [2.24, 2.45) is 0 Å². The second kappa shape index (κ2) is 6.78. The van der Waals surface area contributed by atoms with E-state index in [4.69, 9.17) is 4.74 Å². The van der Waals surface area contributed by atoms with E-state index >= 15 is 0 Å². The predicted octanol–water partition coefficient (Wildman–Crippen LogP) is 2.34. The van der Waals surface area contributed by atoms with Gasteiger partial charge in [-0.3, -0.25) is 4.72 Å². The van der Waals surface area contributed by atoms with Gasteiger partial charge in [-0.15, -0.1) is 0 Å². The molecular formula is C13H19BrN2O3S. The van der Waals surface area contributed by atoms with Crippen LogP contribution in [0.4, 0.5) is 5.69 Å². The van der Waals surface area contributed by atoms with E-state index in [9.17, 15) is 8.42 Å². The van der Waals surface area contributed by atoms with Gasteiger partial charge in [-0.1, -0.05) is 22.4 Å². The van der Waals surface area contributed by atoms with Gasteiger partial charge >= 0.3 is 0 Å². The Balaban J connectivity index is 2.09. The molecule has 5 nitrogen and oxygen atoms in total. The smallest absolute Gasteiger partial charge is 0.234 e. The van der Waals surface area contributed by atoms with Crippen molar-refractivity contribution in [3.63, 3.8) is 0 Å². The number of nitrogens with one attached hydrogen (secondary N) is 2. The molecule has 0 aliphatic carbocycles. The summed E-state index contributed by atoms with van der Waals surface area (Å²) in [5.41, 5.74) is 0.456. The van der Waals surface area contributed by atoms with Crippen LogP contribution in [0.3, 0.4) is 0 Å². The minimum Gasteiger partial charge on any atom is -0.495 e. The molecule has 0 radical (unpaired) electrons. The Morgan fingerprint density at radius 1 is 1.45 bits per heavy atom. The van der Waals surface area contributed by atoms with Gasteiger partial charge in [0.05, 0.1) is 18.6 Å². The average Bonchev–Trinajstić information content (AvgIpc) is 2.39. The van der Waals surface area contributed by atoms with Crippen LogP contribution in [0.5, 0.6) is 5.75 Å². The van der Waals surface area contributed by atoms with Gasteiger partial charge in [0, 0.05) is 10.5 Å². The summed E-state index contributed by atoms with van der Waals surface area (Å²) in [4.78, 5) is 0. The summed E-state index contributed by atoms with van der Waals surface area (Å²) in [5.74, 6) is 0.594. The van der Waals surface area contributed by atoms with Crippen LogP contribution in [-0.4, -0.2) is 33.9 Å². The first-order valence-electron chi connectivity index (χ1n) is 6.57. The molecule has 2 N–H and O–H groups in total. The fourth-order valence-corrected chi connectivity index (χ4v) is 4.05. The van der Waals surface area contributed by atoms with Gasteiger partial charge in [0.15, 0.2) is 0 Å². The monoisotopic (exact) mass is 362 g/mol. The van der Waals surface area contributed by atoms with Crippen molar-refractivity contribution in [1.82, 2.24) is 5.32 Å². The maximum atomic E-state index is 12.2. The zero-order valence-electron chi connectivity index (χ0n) is 11.4. The molecule has 1 aliphatic heterocycles. The third-order valence-corrected chi connectivity index (χ3v) is 5.13. The lowest BCUT2D eigenvalue weighted by Gasteiger charge is -2.23. The SMILES string of the molecule is COc1ccc(Br)cc1NS(=O)(=O)CC1CCCCN1. The maximum Gasteiger partial charge on any atom is 0.234 e. The standard InChI is InChI=1S/C13H19BrN2O3S/c1-19-13-6-5-10(14)8-12(13)16-20(17,18)9-11-4-2-3-7-15-11/h5-6,8,11,15-16H,2-4,7,9H2,1H3. The molecule has 1 unspecified atom stereocenters. The molecular weight excluding hydrogens is 344 g/mol. The summed E-state index contributed by atoms with van der Waals surface area (Å²) in [6.45, 7) is 0.889. The van der Waals surface area contributed by atoms with Gasteiger partial charge in [-0.05, 0) is 37.6 Å². The number of benzene rings is 1. The van der Waals surface area contributed by atoms with Crippen LogP contribution < -0.4 is 14.8 Å². The molecule has 1 aromatic rings. The zero-order chi connectivity index (χ0) is 14.6. The molecule has 0 aromatic heterocycles. The van der Waals surface area contributed by atoms with Gasteiger partial charge in [0.25, 0.3) is 0 Å². The van der Waals surface area contributed by atoms with E-state index in [2.05, 4.69) is 26.0 Å². The molecule has 1 heterocycles. The minimum atomic E-state index is -3.40. The van der Waals surface area contributed by atoms with Crippen LogP contribution in [0.2, 0.25) is 0 Å². The highest BCUT2D eigenvalue weighted by Crippen LogP contribution is 2.29. The van der Waals surface area contributed by atoms with Crippen LogP contribution in [0.1, 0.15) is 19.3 Å². The van der Waals surface area contributed by atoms with E-state index in [-0.39, 0.29) is 11.8 Å². The van der Waals surface area contributed by atoms with Gasteiger partial charge in [0.1, 0.15) is 5.75 Å². The van der Waals surface area contributed by atoms with Crippen LogP contribution in [0, 0.1) is 0 Å². The number of sulfonamides is 1. The zero-order valence-corrected chi connectivity index (χ0v) is 13.8. The van der Waals surface area contributed by atoms with Crippen molar-refractivity contribution >= 4 is 31.6 Å². The highest BCUT2D eigenvalue weighted by Gasteiger charge is 2.22. The molecule has 1 saturated heterocycles. The van der Waals surface area contributed by atoms with Crippen LogP contribution >= 0.6 is 15.9 Å². The first-order valence-corrected chi connectivity index (χ1v) is 9.02. The Morgan fingerprint density at radius 3 is 2.90 bits per heavy atom. The first-order chi connectivity index (χ1) is 9.50. The Morgan fingerprint density at radius 2 is 2.25 bits per heavy atom. The van der Waals surface area contributed by atoms with Gasteiger partial charge in [-0.25, -0.2) is 8.42 Å². The van der Waals surface area contributed by atoms with E-state index in [0.29, 0.717) is 11.4 Å². The van der Waals surface area contributed by atoms with Crippen LogP contribution in [0.15, 0.2) is 22.7 Å². The van der Waals surface area contributed by atoms with E-state index in [1.807, 2.05) is 0 Å². The number of hydrogen-bond donors (Lipinski definition) is 2. The largest absolute Gasteiger partial charge is 0.495 e. The molecule has 0 amide bonds. The van der Waals surface area contributed by atoms with Crippen molar-refractivity contribution in [3.05, 3.63) is 22.7 Å². The number of ether oxygens (including phenoxy) is 1. The molecule has 1 fully saturated rings. The second-order valence-corrected chi connectivity index (χ2v) is 7.56.